The number of nitrogens with zero attached hydrogens (tertiary/aromatic N) is 5. The van der Waals surface area contributed by atoms with Gasteiger partial charge >= 0.3 is 0 Å². The van der Waals surface area contributed by atoms with Crippen LogP contribution < -0.4 is 10.5 Å². The van der Waals surface area contributed by atoms with E-state index in [1.54, 1.807) is 13.4 Å². The van der Waals surface area contributed by atoms with E-state index in [-0.39, 0.29) is 0 Å². The number of nitrogens with two attached hydrogens (primary N) is 1. The van der Waals surface area contributed by atoms with Crippen LogP contribution in [-0.4, -0.2) is 83.9 Å². The monoisotopic (exact) mass is 422 g/mol. The first kappa shape index (κ1) is 20.2. The second-order valence-corrected chi connectivity index (χ2v) is 8.33. The van der Waals surface area contributed by atoms with Crippen LogP contribution in [0.2, 0.25) is 0 Å². The second kappa shape index (κ2) is 8.82. The van der Waals surface area contributed by atoms with Gasteiger partial charge < -0.3 is 19.8 Å². The maximum Gasteiger partial charge on any atom is 0.146 e. The predicted molar refractivity (Wildman–Crippen MR) is 121 cm³/mol. The summed E-state index contributed by atoms with van der Waals surface area (Å²) < 4.78 is 13.1. The fraction of sp³-hybridized carbons (Fsp3) is 0.478. The highest BCUT2D eigenvalue weighted by atomic mass is 16.5. The molecular weight excluding hydrogens is 392 g/mol. The summed E-state index contributed by atoms with van der Waals surface area (Å²) in [6.07, 6.45) is 4.88. The first-order valence-corrected chi connectivity index (χ1v) is 11.0. The third-order valence-electron chi connectivity index (χ3n) is 6.52. The van der Waals surface area contributed by atoms with Crippen molar-refractivity contribution in [1.82, 2.24) is 24.3 Å². The molecule has 0 spiro atoms. The lowest BCUT2D eigenvalue weighted by atomic mass is 10.1. The molecule has 2 saturated heterocycles. The van der Waals surface area contributed by atoms with E-state index < -0.39 is 0 Å². The summed E-state index contributed by atoms with van der Waals surface area (Å²) in [6.45, 7) is 8.13. The minimum Gasteiger partial charge on any atom is -0.497 e. The summed E-state index contributed by atoms with van der Waals surface area (Å²) >= 11 is 0. The molecule has 2 N–H and O–H groups in total. The summed E-state index contributed by atoms with van der Waals surface area (Å²) in [5, 5.41) is 0.930. The number of methoxy groups -OCH3 is 1. The van der Waals surface area contributed by atoms with Gasteiger partial charge in [-0.3, -0.25) is 9.80 Å². The predicted octanol–water partition coefficient (Wildman–Crippen LogP) is 2.27. The Kier molecular flexibility index (Phi) is 5.76. The van der Waals surface area contributed by atoms with Crippen molar-refractivity contribution >= 4 is 16.9 Å². The summed E-state index contributed by atoms with van der Waals surface area (Å²) in [5.74, 6) is 1.36. The largest absolute Gasteiger partial charge is 0.497 e. The summed E-state index contributed by atoms with van der Waals surface area (Å²) in [7, 11) is 1.68. The van der Waals surface area contributed by atoms with Crippen LogP contribution in [0, 0.1) is 0 Å². The maximum atomic E-state index is 6.30. The van der Waals surface area contributed by atoms with Gasteiger partial charge in [-0.2, -0.15) is 0 Å². The number of hydrogen-bond donors (Lipinski definition) is 1. The number of anilines is 1. The minimum absolute atomic E-state index is 0.383. The van der Waals surface area contributed by atoms with E-state index in [0.717, 1.165) is 86.8 Å². The van der Waals surface area contributed by atoms with Gasteiger partial charge in [0.2, 0.25) is 0 Å². The third kappa shape index (κ3) is 4.11. The number of aromatic nitrogens is 3. The number of hydrogen-bond acceptors (Lipinski definition) is 7. The maximum absolute atomic E-state index is 6.30. The van der Waals surface area contributed by atoms with Crippen LogP contribution in [-0.2, 0) is 4.74 Å². The molecule has 31 heavy (non-hydrogen) atoms. The Morgan fingerprint density at radius 1 is 1.06 bits per heavy atom. The van der Waals surface area contributed by atoms with Crippen molar-refractivity contribution in [1.29, 1.82) is 0 Å². The molecule has 2 aliphatic heterocycles. The zero-order chi connectivity index (χ0) is 21.2. The van der Waals surface area contributed by atoms with Gasteiger partial charge in [0, 0.05) is 57.1 Å². The van der Waals surface area contributed by atoms with Gasteiger partial charge in [-0.1, -0.05) is 12.1 Å². The van der Waals surface area contributed by atoms with E-state index >= 15 is 0 Å². The molecular formula is C23H30N6O2. The van der Waals surface area contributed by atoms with Crippen LogP contribution in [0.4, 0.5) is 5.82 Å². The van der Waals surface area contributed by atoms with Gasteiger partial charge in [-0.15, -0.1) is 0 Å². The lowest BCUT2D eigenvalue weighted by molar-refractivity contribution is 0.0343. The Hall–Kier alpha value is -2.68. The van der Waals surface area contributed by atoms with Crippen LogP contribution in [0.1, 0.15) is 12.5 Å². The zero-order valence-corrected chi connectivity index (χ0v) is 18.0. The molecule has 0 amide bonds. The number of nitrogen functional groups attached to an aromatic ring is 1. The molecule has 1 unspecified atom stereocenters. The topological polar surface area (TPSA) is 81.7 Å². The lowest BCUT2D eigenvalue weighted by Crippen LogP contribution is -2.41. The number of morpholine rings is 1. The first-order chi connectivity index (χ1) is 15.2. The van der Waals surface area contributed by atoms with Gasteiger partial charge in [0.05, 0.1) is 25.7 Å². The lowest BCUT2D eigenvalue weighted by Gasteiger charge is -2.28. The zero-order valence-electron chi connectivity index (χ0n) is 18.0. The first-order valence-electron chi connectivity index (χ1n) is 11.0. The van der Waals surface area contributed by atoms with E-state index in [4.69, 9.17) is 15.2 Å². The Morgan fingerprint density at radius 2 is 1.84 bits per heavy atom. The smallest absolute Gasteiger partial charge is 0.146 e. The average Bonchev–Trinajstić information content (AvgIpc) is 3.44. The van der Waals surface area contributed by atoms with Gasteiger partial charge in [0.1, 0.15) is 23.5 Å². The summed E-state index contributed by atoms with van der Waals surface area (Å²) in [5.41, 5.74) is 9.38. The molecule has 2 fully saturated rings. The van der Waals surface area contributed by atoms with Gasteiger partial charge in [0.25, 0.3) is 0 Å². The average molecular weight is 423 g/mol. The van der Waals surface area contributed by atoms with Gasteiger partial charge in [-0.25, -0.2) is 9.97 Å². The van der Waals surface area contributed by atoms with E-state index in [1.807, 2.05) is 12.1 Å². The molecule has 164 valence electrons. The van der Waals surface area contributed by atoms with Crippen molar-refractivity contribution in [2.75, 3.05) is 65.3 Å². The van der Waals surface area contributed by atoms with Crippen LogP contribution >= 0.6 is 0 Å². The van der Waals surface area contributed by atoms with E-state index in [1.165, 1.54) is 0 Å². The van der Waals surface area contributed by atoms with E-state index in [2.05, 4.69) is 42.7 Å². The molecule has 5 rings (SSSR count). The van der Waals surface area contributed by atoms with Crippen LogP contribution in [0.3, 0.4) is 0 Å². The third-order valence-corrected chi connectivity index (χ3v) is 6.52. The number of benzene rings is 1. The van der Waals surface area contributed by atoms with Crippen molar-refractivity contribution in [3.8, 4) is 16.9 Å². The normalized spacial score (nSPS) is 20.5. The molecule has 8 heteroatoms. The van der Waals surface area contributed by atoms with Crippen molar-refractivity contribution in [2.45, 2.75) is 12.5 Å². The second-order valence-electron chi connectivity index (χ2n) is 8.33. The van der Waals surface area contributed by atoms with E-state index in [9.17, 15) is 0 Å². The SMILES string of the molecule is COc1ccc(-c2cn(C3CCN(CCN4CCOCC4)C3)c3ncnc(N)c23)cc1. The van der Waals surface area contributed by atoms with Gasteiger partial charge in [-0.05, 0) is 24.1 Å². The van der Waals surface area contributed by atoms with Crippen LogP contribution in [0.5, 0.6) is 5.75 Å². The molecule has 1 aromatic carbocycles. The Balaban J connectivity index is 1.38. The van der Waals surface area contributed by atoms with E-state index in [0.29, 0.717) is 11.9 Å². The number of ether oxygens (including phenoxy) is 2. The molecule has 2 aromatic heterocycles. The highest BCUT2D eigenvalue weighted by molar-refractivity contribution is 6.00. The highest BCUT2D eigenvalue weighted by Gasteiger charge is 2.27. The molecule has 0 saturated carbocycles. The molecule has 0 bridgehead atoms. The summed E-state index contributed by atoms with van der Waals surface area (Å²) in [6, 6.07) is 8.46. The molecule has 3 aromatic rings. The van der Waals surface area contributed by atoms with Crippen LogP contribution in [0.15, 0.2) is 36.8 Å². The molecule has 2 aliphatic rings. The molecule has 1 atom stereocenters. The Bertz CT molecular complexity index is 1030. The van der Waals surface area contributed by atoms with Crippen molar-refractivity contribution in [3.63, 3.8) is 0 Å². The van der Waals surface area contributed by atoms with Crippen molar-refractivity contribution in [2.24, 2.45) is 0 Å². The minimum atomic E-state index is 0.383. The molecule has 4 heterocycles. The fourth-order valence-electron chi connectivity index (χ4n) is 4.73. The summed E-state index contributed by atoms with van der Waals surface area (Å²) in [4.78, 5) is 13.9. The van der Waals surface area contributed by atoms with Crippen LogP contribution in [0.25, 0.3) is 22.2 Å². The molecule has 0 aliphatic carbocycles. The quantitative estimate of drug-likeness (QED) is 0.653. The Labute approximate surface area is 182 Å². The standard InChI is InChI=1S/C23H30N6O2/c1-30-19-4-2-17(3-5-19)20-15-29(23-21(20)22(24)25-16-26-23)18-6-7-28(14-18)9-8-27-10-12-31-13-11-27/h2-5,15-16,18H,6-14H2,1H3,(H2,24,25,26). The van der Waals surface area contributed by atoms with Crippen molar-refractivity contribution in [3.05, 3.63) is 36.8 Å². The number of rotatable bonds is 6. The highest BCUT2D eigenvalue weighted by Crippen LogP contribution is 2.36. The van der Waals surface area contributed by atoms with Gasteiger partial charge in [0.15, 0.2) is 0 Å². The number of likely N-dealkylation sites (tertiary alicyclic amines) is 1. The van der Waals surface area contributed by atoms with Crippen molar-refractivity contribution < 1.29 is 9.47 Å². The fourth-order valence-corrected chi connectivity index (χ4v) is 4.73. The Morgan fingerprint density at radius 3 is 2.61 bits per heavy atom. The number of fused-ring (bicyclic) bond motifs is 1. The molecule has 8 nitrogen and oxygen atoms in total. The molecule has 0 radical (unpaired) electrons.